The number of aromatic nitrogens is 4. The van der Waals surface area contributed by atoms with Crippen molar-refractivity contribution in [1.29, 1.82) is 0 Å². The second kappa shape index (κ2) is 11.4. The summed E-state index contributed by atoms with van der Waals surface area (Å²) in [6.07, 6.45) is 2.35. The maximum Gasteiger partial charge on any atom is 0.328 e. The number of nitrogens with one attached hydrogen (secondary N) is 3. The molecule has 0 saturated heterocycles. The molecule has 2 aromatic rings. The maximum absolute atomic E-state index is 11.7. The molecule has 3 unspecified atom stereocenters. The number of aliphatic hydroxyl groups is 1. The van der Waals surface area contributed by atoms with Crippen LogP contribution in [0.3, 0.4) is 0 Å². The van der Waals surface area contributed by atoms with E-state index in [1.165, 1.54) is 13.3 Å². The van der Waals surface area contributed by atoms with E-state index in [0.29, 0.717) is 6.42 Å². The van der Waals surface area contributed by atoms with Crippen molar-refractivity contribution in [1.82, 2.24) is 30.7 Å². The summed E-state index contributed by atoms with van der Waals surface area (Å²) in [5.41, 5.74) is 6.78. The Morgan fingerprint density at radius 1 is 1.34 bits per heavy atom. The molecule has 2 rings (SSSR count). The van der Waals surface area contributed by atoms with Crippen LogP contribution >= 0.6 is 0 Å². The molecule has 0 aliphatic carbocycles. The predicted octanol–water partition coefficient (Wildman–Crippen LogP) is -1.24. The number of nitrogens with two attached hydrogens (primary N) is 1. The Hall–Kier alpha value is -3.52. The Bertz CT molecular complexity index is 787. The fourth-order valence-electron chi connectivity index (χ4n) is 1.95. The normalized spacial score (nSPS) is 13.4. The number of aliphatic carboxylic acids is 2. The largest absolute Gasteiger partial charge is 0.481 e. The Morgan fingerprint density at radius 2 is 2.00 bits per heavy atom. The van der Waals surface area contributed by atoms with Crippen molar-refractivity contribution in [3.63, 3.8) is 0 Å². The predicted molar refractivity (Wildman–Crippen MR) is 95.3 cm³/mol. The van der Waals surface area contributed by atoms with Gasteiger partial charge in [0.15, 0.2) is 11.9 Å². The number of aromatic amines is 1. The monoisotopic (exact) mass is 413 g/mol. The molecule has 0 radical (unpaired) electrons. The van der Waals surface area contributed by atoms with Crippen LogP contribution in [0.25, 0.3) is 0 Å². The molecule has 14 heteroatoms. The lowest BCUT2D eigenvalue weighted by molar-refractivity contribution is -0.141. The smallest absolute Gasteiger partial charge is 0.328 e. The average molecular weight is 413 g/mol. The molecule has 0 fully saturated rings. The van der Waals surface area contributed by atoms with Crippen LogP contribution in [-0.4, -0.2) is 65.5 Å². The van der Waals surface area contributed by atoms with E-state index in [1.54, 1.807) is 6.20 Å². The quantitative estimate of drug-likeness (QED) is 0.270. The molecule has 3 atom stereocenters. The summed E-state index contributed by atoms with van der Waals surface area (Å²) in [7, 11) is 0. The number of carbonyl (C=O) groups is 3. The Kier molecular flexibility index (Phi) is 9.21. The van der Waals surface area contributed by atoms with Gasteiger partial charge in [0.2, 0.25) is 5.89 Å². The second-order valence-corrected chi connectivity index (χ2v) is 5.84. The third-order valence-corrected chi connectivity index (χ3v) is 3.25. The van der Waals surface area contributed by atoms with Gasteiger partial charge in [-0.15, -0.1) is 0 Å². The highest BCUT2D eigenvalue weighted by atomic mass is 16.5. The summed E-state index contributed by atoms with van der Waals surface area (Å²) in [4.78, 5) is 42.4. The minimum Gasteiger partial charge on any atom is -0.481 e. The first-order chi connectivity index (χ1) is 13.6. The van der Waals surface area contributed by atoms with Crippen molar-refractivity contribution < 1.29 is 34.2 Å². The molecule has 2 heterocycles. The number of H-pyrrole nitrogens is 1. The lowest BCUT2D eigenvalue weighted by Crippen LogP contribution is -2.51. The fourth-order valence-corrected chi connectivity index (χ4v) is 1.95. The van der Waals surface area contributed by atoms with Crippen LogP contribution in [0.4, 0.5) is 4.79 Å². The average Bonchev–Trinajstić information content (AvgIpc) is 3.28. The van der Waals surface area contributed by atoms with E-state index < -0.39 is 36.2 Å². The number of carboxylic acid groups (broad SMARTS) is 2. The van der Waals surface area contributed by atoms with Gasteiger partial charge in [0.25, 0.3) is 5.97 Å². The van der Waals surface area contributed by atoms with Crippen molar-refractivity contribution in [2.45, 2.75) is 45.0 Å². The van der Waals surface area contributed by atoms with Gasteiger partial charge in [-0.25, -0.2) is 14.6 Å². The number of carboxylic acids is 2. The molecule has 8 N–H and O–H groups in total. The number of urea groups is 1. The first-order valence-corrected chi connectivity index (χ1v) is 8.30. The van der Waals surface area contributed by atoms with Gasteiger partial charge in [-0.05, 0) is 6.92 Å². The zero-order chi connectivity index (χ0) is 22.0. The summed E-state index contributed by atoms with van der Waals surface area (Å²) in [5, 5.41) is 33.8. The summed E-state index contributed by atoms with van der Waals surface area (Å²) < 4.78 is 4.98. The van der Waals surface area contributed by atoms with Crippen molar-refractivity contribution >= 4 is 18.0 Å². The zero-order valence-corrected chi connectivity index (χ0v) is 15.7. The number of carbonyl (C=O) groups excluding carboxylic acids is 1. The number of rotatable bonds is 8. The van der Waals surface area contributed by atoms with Crippen molar-refractivity contribution in [2.24, 2.45) is 5.73 Å². The molecule has 2 amide bonds. The van der Waals surface area contributed by atoms with Gasteiger partial charge in [-0.2, -0.15) is 4.98 Å². The highest BCUT2D eigenvalue weighted by Gasteiger charge is 2.25. The number of imidazole rings is 1. The summed E-state index contributed by atoms with van der Waals surface area (Å²) >= 11 is 0. The minimum atomic E-state index is -1.43. The standard InChI is InChI=1S/C13H19N7O5.C2H4O2/c1-6(21)10(12(22)23)19-13(24)16-4-9-18-11(20-25-9)8(14)2-7-3-15-5-17-7;1-2(3)4/h3,5-6,8,10,21H,2,4,14H2,1H3,(H,15,17)(H,22,23)(H2,16,19,24);1H3,(H,3,4). The zero-order valence-electron chi connectivity index (χ0n) is 15.7. The molecular formula is C15H23N7O7. The molecule has 0 bridgehead atoms. The Morgan fingerprint density at radius 3 is 2.52 bits per heavy atom. The molecule has 0 aliphatic rings. The van der Waals surface area contributed by atoms with Crippen molar-refractivity contribution in [3.05, 3.63) is 29.9 Å². The van der Waals surface area contributed by atoms with Crippen LogP contribution in [0, 0.1) is 0 Å². The summed E-state index contributed by atoms with van der Waals surface area (Å²) in [6, 6.07) is -2.74. The first kappa shape index (κ1) is 23.5. The minimum absolute atomic E-state index is 0.106. The number of nitrogens with zero attached hydrogens (tertiary/aromatic N) is 3. The number of hydrogen-bond donors (Lipinski definition) is 7. The Balaban J connectivity index is 0.000000960. The Labute approximate surface area is 164 Å². The second-order valence-electron chi connectivity index (χ2n) is 5.84. The van der Waals surface area contributed by atoms with E-state index in [0.717, 1.165) is 12.6 Å². The van der Waals surface area contributed by atoms with E-state index in [-0.39, 0.29) is 18.3 Å². The van der Waals surface area contributed by atoms with E-state index in [2.05, 4.69) is 30.7 Å². The van der Waals surface area contributed by atoms with Crippen LogP contribution in [0.5, 0.6) is 0 Å². The molecule has 0 saturated carbocycles. The number of amides is 2. The maximum atomic E-state index is 11.7. The SMILES string of the molecule is CC(=O)O.CC(O)C(NC(=O)NCc1nc(C(N)Cc2cnc[nH]2)no1)C(=O)O. The molecule has 0 aliphatic heterocycles. The third kappa shape index (κ3) is 8.81. The van der Waals surface area contributed by atoms with Gasteiger partial charge in [0.05, 0.1) is 25.0 Å². The molecule has 29 heavy (non-hydrogen) atoms. The van der Waals surface area contributed by atoms with E-state index in [4.69, 9.17) is 25.3 Å². The first-order valence-electron chi connectivity index (χ1n) is 8.30. The molecule has 14 nitrogen and oxygen atoms in total. The van der Waals surface area contributed by atoms with E-state index in [9.17, 15) is 14.7 Å². The fraction of sp³-hybridized carbons (Fsp3) is 0.467. The van der Waals surface area contributed by atoms with Crippen molar-refractivity contribution in [3.8, 4) is 0 Å². The molecule has 0 aromatic carbocycles. The third-order valence-electron chi connectivity index (χ3n) is 3.25. The number of hydrogen-bond acceptors (Lipinski definition) is 9. The highest BCUT2D eigenvalue weighted by molar-refractivity contribution is 5.82. The lowest BCUT2D eigenvalue weighted by atomic mass is 10.2. The highest BCUT2D eigenvalue weighted by Crippen LogP contribution is 2.11. The van der Waals surface area contributed by atoms with Gasteiger partial charge in [0, 0.05) is 25.2 Å². The molecule has 0 spiro atoms. The van der Waals surface area contributed by atoms with Crippen LogP contribution in [0.15, 0.2) is 17.0 Å². The van der Waals surface area contributed by atoms with E-state index in [1.807, 2.05) is 0 Å². The summed E-state index contributed by atoms with van der Waals surface area (Å²) in [5.74, 6) is -1.82. The van der Waals surface area contributed by atoms with Crippen LogP contribution in [0.1, 0.15) is 37.3 Å². The van der Waals surface area contributed by atoms with Gasteiger partial charge in [0.1, 0.15) is 0 Å². The lowest BCUT2D eigenvalue weighted by Gasteiger charge is -2.16. The van der Waals surface area contributed by atoms with Gasteiger partial charge >= 0.3 is 12.0 Å². The van der Waals surface area contributed by atoms with Crippen molar-refractivity contribution in [2.75, 3.05) is 0 Å². The van der Waals surface area contributed by atoms with Gasteiger partial charge < -0.3 is 41.2 Å². The summed E-state index contributed by atoms with van der Waals surface area (Å²) in [6.45, 7) is 2.21. The number of aliphatic hydroxyl groups excluding tert-OH is 1. The molecular weight excluding hydrogens is 390 g/mol. The van der Waals surface area contributed by atoms with Crippen LogP contribution < -0.4 is 16.4 Å². The van der Waals surface area contributed by atoms with Gasteiger partial charge in [-0.3, -0.25) is 4.79 Å². The molecule has 2 aromatic heterocycles. The van der Waals surface area contributed by atoms with E-state index >= 15 is 0 Å². The van der Waals surface area contributed by atoms with Crippen LogP contribution in [0.2, 0.25) is 0 Å². The topological polar surface area (TPSA) is 230 Å². The van der Waals surface area contributed by atoms with Gasteiger partial charge in [-0.1, -0.05) is 5.16 Å². The molecule has 160 valence electrons. The van der Waals surface area contributed by atoms with Crippen LogP contribution in [-0.2, 0) is 22.6 Å².